The van der Waals surface area contributed by atoms with Gasteiger partial charge in [-0.2, -0.15) is 0 Å². The molecule has 0 unspecified atom stereocenters. The van der Waals surface area contributed by atoms with Gasteiger partial charge in [-0.25, -0.2) is 13.4 Å². The molecule has 3 N–H and O–H groups in total. The summed E-state index contributed by atoms with van der Waals surface area (Å²) in [7, 11) is -3.52. The maximum atomic E-state index is 12.2. The number of hydrogen-bond donors (Lipinski definition) is 2. The Balaban J connectivity index is 2.17. The van der Waals surface area contributed by atoms with Gasteiger partial charge >= 0.3 is 0 Å². The molecule has 2 rings (SSSR count). The van der Waals surface area contributed by atoms with Gasteiger partial charge in [0.1, 0.15) is 4.99 Å². The Labute approximate surface area is 133 Å². The van der Waals surface area contributed by atoms with E-state index in [-0.39, 0.29) is 10.7 Å². The third-order valence-corrected chi connectivity index (χ3v) is 5.41. The molecule has 1 heterocycles. The monoisotopic (exact) mass is 341 g/mol. The van der Waals surface area contributed by atoms with E-state index in [0.717, 1.165) is 10.6 Å². The lowest BCUT2D eigenvalue weighted by Crippen LogP contribution is -2.16. The molecule has 0 fully saturated rings. The number of sulfonamides is 1. The molecule has 0 aliphatic heterocycles. The number of thiazole rings is 1. The minimum Gasteiger partial charge on any atom is -0.389 e. The van der Waals surface area contributed by atoms with Gasteiger partial charge in [0, 0.05) is 10.4 Å². The van der Waals surface area contributed by atoms with Gasteiger partial charge in [0.15, 0.2) is 5.13 Å². The molecule has 1 aromatic carbocycles. The van der Waals surface area contributed by atoms with E-state index >= 15 is 0 Å². The predicted octanol–water partition coefficient (Wildman–Crippen LogP) is 2.34. The Morgan fingerprint density at radius 1 is 1.43 bits per heavy atom. The van der Waals surface area contributed by atoms with Gasteiger partial charge in [-0.1, -0.05) is 30.4 Å². The Bertz CT molecular complexity index is 762. The minimum absolute atomic E-state index is 0.152. The minimum atomic E-state index is -3.52. The van der Waals surface area contributed by atoms with Gasteiger partial charge in [0.2, 0.25) is 10.0 Å². The van der Waals surface area contributed by atoms with Crippen LogP contribution in [0.3, 0.4) is 0 Å². The maximum absolute atomic E-state index is 12.2. The van der Waals surface area contributed by atoms with Crippen LogP contribution in [0.2, 0.25) is 0 Å². The molecule has 8 heteroatoms. The van der Waals surface area contributed by atoms with Crippen molar-refractivity contribution in [2.75, 3.05) is 4.72 Å². The Morgan fingerprint density at radius 3 is 2.71 bits per heavy atom. The highest BCUT2D eigenvalue weighted by molar-refractivity contribution is 7.92. The van der Waals surface area contributed by atoms with Gasteiger partial charge in [0.25, 0.3) is 0 Å². The van der Waals surface area contributed by atoms with Crippen LogP contribution in [0, 0.1) is 13.8 Å². The summed E-state index contributed by atoms with van der Waals surface area (Å²) < 4.78 is 26.8. The predicted molar refractivity (Wildman–Crippen MR) is 90.2 cm³/mol. The van der Waals surface area contributed by atoms with Crippen molar-refractivity contribution in [1.29, 1.82) is 0 Å². The van der Waals surface area contributed by atoms with Crippen LogP contribution in [0.5, 0.6) is 0 Å². The van der Waals surface area contributed by atoms with E-state index in [9.17, 15) is 8.42 Å². The van der Waals surface area contributed by atoms with Crippen molar-refractivity contribution in [2.24, 2.45) is 5.73 Å². The first-order valence-corrected chi connectivity index (χ1v) is 8.98. The second kappa shape index (κ2) is 6.08. The fourth-order valence-electron chi connectivity index (χ4n) is 1.72. The van der Waals surface area contributed by atoms with E-state index in [2.05, 4.69) is 9.71 Å². The number of thiocarbonyl (C=S) groups is 1. The van der Waals surface area contributed by atoms with Crippen molar-refractivity contribution in [3.05, 3.63) is 46.0 Å². The third kappa shape index (κ3) is 4.23. The van der Waals surface area contributed by atoms with Gasteiger partial charge in [0.05, 0.1) is 11.4 Å². The first kappa shape index (κ1) is 15.9. The number of aromatic nitrogens is 1. The second-order valence-electron chi connectivity index (χ2n) is 4.59. The molecule has 1 aromatic heterocycles. The Kier molecular flexibility index (Phi) is 4.60. The molecule has 0 spiro atoms. The summed E-state index contributed by atoms with van der Waals surface area (Å²) in [6, 6.07) is 6.88. The highest BCUT2D eigenvalue weighted by Gasteiger charge is 2.15. The van der Waals surface area contributed by atoms with E-state index in [0.29, 0.717) is 16.3 Å². The van der Waals surface area contributed by atoms with Crippen molar-refractivity contribution in [3.8, 4) is 0 Å². The molecule has 5 nitrogen and oxygen atoms in total. The lowest BCUT2D eigenvalue weighted by atomic mass is 10.1. The number of aryl methyl sites for hydroxylation is 2. The van der Waals surface area contributed by atoms with Crippen LogP contribution < -0.4 is 10.5 Å². The number of nitrogens with one attached hydrogen (secondary N) is 1. The topological polar surface area (TPSA) is 85.1 Å². The zero-order valence-electron chi connectivity index (χ0n) is 11.6. The summed E-state index contributed by atoms with van der Waals surface area (Å²) in [6.07, 6.45) is 0. The zero-order valence-corrected chi connectivity index (χ0v) is 14.0. The Hall–Kier alpha value is -1.51. The average Bonchev–Trinajstić information content (AvgIpc) is 2.66. The molecule has 0 bridgehead atoms. The van der Waals surface area contributed by atoms with Crippen LogP contribution in [-0.2, 0) is 15.8 Å². The van der Waals surface area contributed by atoms with E-state index < -0.39 is 10.0 Å². The average molecular weight is 341 g/mol. The fourth-order valence-corrected chi connectivity index (χ4v) is 4.06. The van der Waals surface area contributed by atoms with E-state index in [1.807, 2.05) is 13.8 Å². The molecule has 0 atom stereocenters. The van der Waals surface area contributed by atoms with Crippen molar-refractivity contribution < 1.29 is 8.42 Å². The summed E-state index contributed by atoms with van der Waals surface area (Å²) >= 11 is 6.21. The molecule has 0 amide bonds. The highest BCUT2D eigenvalue weighted by Crippen LogP contribution is 2.23. The molecule has 0 saturated carbocycles. The quantitative estimate of drug-likeness (QED) is 0.815. The largest absolute Gasteiger partial charge is 0.389 e. The van der Waals surface area contributed by atoms with Gasteiger partial charge in [-0.05, 0) is 25.5 Å². The first-order chi connectivity index (χ1) is 9.77. The number of benzene rings is 1. The summed E-state index contributed by atoms with van der Waals surface area (Å²) in [6.45, 7) is 3.74. The standard InChI is InChI=1S/C13H15N3O2S3/c1-8-9(2)20-13(15-8)16-21(17,18)7-10-4-3-5-11(6-10)12(14)19/h3-6H,7H2,1-2H3,(H2,14,19)(H,15,16). The number of anilines is 1. The number of nitrogens with zero attached hydrogens (tertiary/aromatic N) is 1. The Morgan fingerprint density at radius 2 is 2.14 bits per heavy atom. The second-order valence-corrected chi connectivity index (χ2v) is 7.95. The lowest BCUT2D eigenvalue weighted by molar-refractivity contribution is 0.600. The molecule has 0 radical (unpaired) electrons. The van der Waals surface area contributed by atoms with Crippen LogP contribution in [0.15, 0.2) is 24.3 Å². The molecule has 112 valence electrons. The summed E-state index contributed by atoms with van der Waals surface area (Å²) in [5, 5.41) is 0.385. The molecule has 0 saturated heterocycles. The maximum Gasteiger partial charge on any atom is 0.238 e. The van der Waals surface area contributed by atoms with Gasteiger partial charge < -0.3 is 5.73 Å². The summed E-state index contributed by atoms with van der Waals surface area (Å²) in [5.41, 5.74) is 7.65. The van der Waals surface area contributed by atoms with Crippen molar-refractivity contribution in [2.45, 2.75) is 19.6 Å². The fraction of sp³-hybridized carbons (Fsp3) is 0.231. The lowest BCUT2D eigenvalue weighted by Gasteiger charge is -2.06. The SMILES string of the molecule is Cc1nc(NS(=O)(=O)Cc2cccc(C(N)=S)c2)sc1C. The van der Waals surface area contributed by atoms with E-state index in [1.165, 1.54) is 11.3 Å². The van der Waals surface area contributed by atoms with Crippen LogP contribution in [0.4, 0.5) is 5.13 Å². The summed E-state index contributed by atoms with van der Waals surface area (Å²) in [5.74, 6) is -0.152. The number of nitrogens with two attached hydrogens (primary N) is 1. The van der Waals surface area contributed by atoms with Crippen molar-refractivity contribution >= 4 is 43.7 Å². The number of rotatable bonds is 5. The van der Waals surface area contributed by atoms with Crippen molar-refractivity contribution in [1.82, 2.24) is 4.98 Å². The molecule has 0 aliphatic carbocycles. The van der Waals surface area contributed by atoms with Crippen LogP contribution >= 0.6 is 23.6 Å². The van der Waals surface area contributed by atoms with Gasteiger partial charge in [-0.15, -0.1) is 11.3 Å². The highest BCUT2D eigenvalue weighted by atomic mass is 32.2. The summed E-state index contributed by atoms with van der Waals surface area (Å²) in [4.78, 5) is 5.40. The van der Waals surface area contributed by atoms with Crippen molar-refractivity contribution in [3.63, 3.8) is 0 Å². The first-order valence-electron chi connectivity index (χ1n) is 6.10. The normalized spacial score (nSPS) is 11.3. The molecule has 0 aliphatic rings. The molecular formula is C13H15N3O2S3. The third-order valence-electron chi connectivity index (χ3n) is 2.84. The van der Waals surface area contributed by atoms with Gasteiger partial charge in [-0.3, -0.25) is 4.72 Å². The van der Waals surface area contributed by atoms with Crippen LogP contribution in [-0.4, -0.2) is 18.4 Å². The zero-order chi connectivity index (χ0) is 15.6. The number of hydrogen-bond acceptors (Lipinski definition) is 5. The molecular weight excluding hydrogens is 326 g/mol. The van der Waals surface area contributed by atoms with E-state index in [1.54, 1.807) is 24.3 Å². The molecule has 2 aromatic rings. The molecule has 21 heavy (non-hydrogen) atoms. The van der Waals surface area contributed by atoms with Crippen LogP contribution in [0.25, 0.3) is 0 Å². The van der Waals surface area contributed by atoms with Crippen LogP contribution in [0.1, 0.15) is 21.7 Å². The van der Waals surface area contributed by atoms with E-state index in [4.69, 9.17) is 18.0 Å². The smallest absolute Gasteiger partial charge is 0.238 e.